The molecule has 1 rings (SSSR count). The van der Waals surface area contributed by atoms with Gasteiger partial charge in [-0.15, -0.1) is 6.42 Å². The summed E-state index contributed by atoms with van der Waals surface area (Å²) in [5.41, 5.74) is -0.397. The van der Waals surface area contributed by atoms with Crippen molar-refractivity contribution in [1.82, 2.24) is 4.98 Å². The zero-order valence-electron chi connectivity index (χ0n) is 5.91. The maximum absolute atomic E-state index is 12.7. The third-order valence-corrected chi connectivity index (χ3v) is 1.22. The summed E-state index contributed by atoms with van der Waals surface area (Å²) in [4.78, 5) is 13.7. The van der Waals surface area contributed by atoms with Crippen LogP contribution in [0.1, 0.15) is 16.1 Å². The number of halogens is 1. The molecule has 3 nitrogen and oxygen atoms in total. The Balaban J connectivity index is 3.21. The maximum atomic E-state index is 12.7. The van der Waals surface area contributed by atoms with E-state index in [2.05, 4.69) is 4.98 Å². The molecule has 12 heavy (non-hydrogen) atoms. The minimum absolute atomic E-state index is 0.181. The molecule has 1 heterocycles. The van der Waals surface area contributed by atoms with Crippen LogP contribution in [0.25, 0.3) is 0 Å². The summed E-state index contributed by atoms with van der Waals surface area (Å²) in [6.45, 7) is 0. The van der Waals surface area contributed by atoms with E-state index in [1.54, 1.807) is 0 Å². The summed E-state index contributed by atoms with van der Waals surface area (Å²) in [7, 11) is 0. The number of aromatic nitrogens is 1. The smallest absolute Gasteiger partial charge is 0.337 e. The number of carbonyl (C=O) groups is 1. The van der Waals surface area contributed by atoms with Gasteiger partial charge >= 0.3 is 5.97 Å². The number of hydrogen-bond acceptors (Lipinski definition) is 2. The van der Waals surface area contributed by atoms with Gasteiger partial charge in [0.05, 0.1) is 5.56 Å². The van der Waals surface area contributed by atoms with Crippen molar-refractivity contribution in [2.45, 2.75) is 0 Å². The van der Waals surface area contributed by atoms with Crippen molar-refractivity contribution in [1.29, 1.82) is 0 Å². The molecule has 1 aromatic heterocycles. The van der Waals surface area contributed by atoms with Gasteiger partial charge < -0.3 is 5.11 Å². The van der Waals surface area contributed by atoms with Crippen LogP contribution in [-0.4, -0.2) is 16.1 Å². The second-order valence-corrected chi connectivity index (χ2v) is 2.00. The molecule has 0 bridgehead atoms. The summed E-state index contributed by atoms with van der Waals surface area (Å²) in [6.07, 6.45) is 5.89. The second-order valence-electron chi connectivity index (χ2n) is 2.00. The van der Waals surface area contributed by atoms with Gasteiger partial charge in [-0.3, -0.25) is 0 Å². The topological polar surface area (TPSA) is 50.2 Å². The first-order chi connectivity index (χ1) is 5.65. The van der Waals surface area contributed by atoms with Crippen molar-refractivity contribution in [3.63, 3.8) is 0 Å². The molecule has 0 saturated carbocycles. The molecule has 0 saturated heterocycles. The van der Waals surface area contributed by atoms with E-state index >= 15 is 0 Å². The van der Waals surface area contributed by atoms with E-state index in [-0.39, 0.29) is 11.3 Å². The minimum atomic E-state index is -1.23. The lowest BCUT2D eigenvalue weighted by Gasteiger charge is -1.95. The van der Waals surface area contributed by atoms with E-state index in [1.807, 2.05) is 5.92 Å². The fourth-order valence-electron chi connectivity index (χ4n) is 0.661. The molecule has 60 valence electrons. The van der Waals surface area contributed by atoms with Crippen LogP contribution < -0.4 is 0 Å². The van der Waals surface area contributed by atoms with E-state index in [0.717, 1.165) is 12.3 Å². The molecule has 0 amide bonds. The van der Waals surface area contributed by atoms with Gasteiger partial charge in [-0.2, -0.15) is 0 Å². The monoisotopic (exact) mass is 165 g/mol. The average molecular weight is 165 g/mol. The number of aromatic carboxylic acids is 1. The Kier molecular flexibility index (Phi) is 2.06. The van der Waals surface area contributed by atoms with E-state index in [4.69, 9.17) is 11.5 Å². The molecule has 0 spiro atoms. The number of rotatable bonds is 1. The van der Waals surface area contributed by atoms with Crippen molar-refractivity contribution < 1.29 is 14.3 Å². The van der Waals surface area contributed by atoms with Gasteiger partial charge in [-0.05, 0) is 12.0 Å². The third-order valence-electron chi connectivity index (χ3n) is 1.22. The summed E-state index contributed by atoms with van der Waals surface area (Å²) in [6, 6.07) is 0.838. The molecule has 0 radical (unpaired) electrons. The van der Waals surface area contributed by atoms with Gasteiger partial charge in [-0.25, -0.2) is 14.2 Å². The van der Waals surface area contributed by atoms with Crippen molar-refractivity contribution >= 4 is 5.97 Å². The number of nitrogens with zero attached hydrogens (tertiary/aromatic N) is 1. The number of terminal acetylenes is 1. The zero-order chi connectivity index (χ0) is 9.14. The van der Waals surface area contributed by atoms with E-state index in [0.29, 0.717) is 0 Å². The molecule has 0 unspecified atom stereocenters. The Morgan fingerprint density at radius 1 is 1.75 bits per heavy atom. The molecule has 0 atom stereocenters. The number of pyridine rings is 1. The second kappa shape index (κ2) is 3.01. The Morgan fingerprint density at radius 2 is 2.42 bits per heavy atom. The molecular formula is C8H4FNO2. The highest BCUT2D eigenvalue weighted by atomic mass is 19.1. The van der Waals surface area contributed by atoms with E-state index < -0.39 is 11.8 Å². The van der Waals surface area contributed by atoms with Gasteiger partial charge in [0.25, 0.3) is 0 Å². The maximum Gasteiger partial charge on any atom is 0.337 e. The molecule has 1 aromatic rings. The van der Waals surface area contributed by atoms with Crippen molar-refractivity contribution in [3.8, 4) is 12.3 Å². The third kappa shape index (κ3) is 1.40. The van der Waals surface area contributed by atoms with Gasteiger partial charge in [0, 0.05) is 6.20 Å². The van der Waals surface area contributed by atoms with Gasteiger partial charge in [0.1, 0.15) is 5.69 Å². The first-order valence-electron chi connectivity index (χ1n) is 3.00. The van der Waals surface area contributed by atoms with Crippen LogP contribution in [-0.2, 0) is 0 Å². The number of carboxylic acid groups (broad SMARTS) is 1. The highest BCUT2D eigenvalue weighted by Crippen LogP contribution is 2.05. The molecular weight excluding hydrogens is 161 g/mol. The van der Waals surface area contributed by atoms with E-state index in [9.17, 15) is 9.18 Å². The highest BCUT2D eigenvalue weighted by Gasteiger charge is 2.07. The van der Waals surface area contributed by atoms with Crippen molar-refractivity contribution in [2.24, 2.45) is 0 Å². The molecule has 0 aromatic carbocycles. The Labute approximate surface area is 67.9 Å². The van der Waals surface area contributed by atoms with Crippen molar-refractivity contribution in [2.75, 3.05) is 0 Å². The molecule has 0 fully saturated rings. The predicted molar refractivity (Wildman–Crippen MR) is 39.1 cm³/mol. The Hall–Kier alpha value is -1.89. The predicted octanol–water partition coefficient (Wildman–Crippen LogP) is 0.900. The van der Waals surface area contributed by atoms with Crippen LogP contribution in [0.15, 0.2) is 12.3 Å². The first-order valence-corrected chi connectivity index (χ1v) is 3.00. The summed E-state index contributed by atoms with van der Waals surface area (Å²) in [5.74, 6) is -0.0432. The fourth-order valence-corrected chi connectivity index (χ4v) is 0.661. The van der Waals surface area contributed by atoms with Gasteiger partial charge in [0.15, 0.2) is 5.82 Å². The van der Waals surface area contributed by atoms with Crippen LogP contribution in [0.4, 0.5) is 4.39 Å². The highest BCUT2D eigenvalue weighted by molar-refractivity contribution is 5.87. The minimum Gasteiger partial charge on any atom is -0.478 e. The van der Waals surface area contributed by atoms with Crippen LogP contribution in [0.2, 0.25) is 0 Å². The normalized spacial score (nSPS) is 9.00. The van der Waals surface area contributed by atoms with Crippen molar-refractivity contribution in [3.05, 3.63) is 29.3 Å². The fraction of sp³-hybridized carbons (Fsp3) is 0. The lowest BCUT2D eigenvalue weighted by molar-refractivity contribution is 0.0696. The Bertz CT molecular complexity index is 368. The standard InChI is InChI=1S/C8H4FNO2/c1-2-7-6(9)3-5(4-10-7)8(11)12/h1,3-4H,(H,11,12). The van der Waals surface area contributed by atoms with E-state index in [1.165, 1.54) is 0 Å². The lowest BCUT2D eigenvalue weighted by Crippen LogP contribution is -2.00. The Morgan fingerprint density at radius 3 is 2.83 bits per heavy atom. The first kappa shape index (κ1) is 8.21. The molecule has 0 aliphatic heterocycles. The molecule has 4 heteroatoms. The van der Waals surface area contributed by atoms with Crippen LogP contribution in [0, 0.1) is 18.2 Å². The lowest BCUT2D eigenvalue weighted by atomic mass is 10.2. The SMILES string of the molecule is C#Cc1ncc(C(=O)O)cc1F. The molecule has 0 aliphatic rings. The summed E-state index contributed by atoms with van der Waals surface area (Å²) < 4.78 is 12.7. The molecule has 0 aliphatic carbocycles. The largest absolute Gasteiger partial charge is 0.478 e. The molecule has 1 N–H and O–H groups in total. The summed E-state index contributed by atoms with van der Waals surface area (Å²) in [5, 5.41) is 8.41. The van der Waals surface area contributed by atoms with Gasteiger partial charge in [0.2, 0.25) is 0 Å². The number of carboxylic acids is 1. The number of hydrogen-bond donors (Lipinski definition) is 1. The van der Waals surface area contributed by atoms with Crippen LogP contribution >= 0.6 is 0 Å². The van der Waals surface area contributed by atoms with Gasteiger partial charge in [-0.1, -0.05) is 0 Å². The van der Waals surface area contributed by atoms with Crippen LogP contribution in [0.5, 0.6) is 0 Å². The average Bonchev–Trinajstić information content (AvgIpc) is 2.04. The quantitative estimate of drug-likeness (QED) is 0.629. The van der Waals surface area contributed by atoms with Crippen LogP contribution in [0.3, 0.4) is 0 Å². The zero-order valence-corrected chi connectivity index (χ0v) is 5.91. The summed E-state index contributed by atoms with van der Waals surface area (Å²) >= 11 is 0.